The Kier molecular flexibility index (Phi) is 5.80. The second-order valence-corrected chi connectivity index (χ2v) is 7.14. The lowest BCUT2D eigenvalue weighted by Gasteiger charge is -2.35. The van der Waals surface area contributed by atoms with Gasteiger partial charge in [-0.1, -0.05) is 30.3 Å². The van der Waals surface area contributed by atoms with Crippen molar-refractivity contribution >= 4 is 17.5 Å². The van der Waals surface area contributed by atoms with E-state index in [4.69, 9.17) is 0 Å². The van der Waals surface area contributed by atoms with Crippen LogP contribution in [0.5, 0.6) is 0 Å². The number of aryl methyl sites for hydroxylation is 1. The van der Waals surface area contributed by atoms with Gasteiger partial charge < -0.3 is 10.2 Å². The van der Waals surface area contributed by atoms with Gasteiger partial charge in [0, 0.05) is 51.9 Å². The summed E-state index contributed by atoms with van der Waals surface area (Å²) in [5.41, 5.74) is 1.18. The van der Waals surface area contributed by atoms with Crippen molar-refractivity contribution in [3.05, 3.63) is 76.5 Å². The molecule has 0 atom stereocenters. The van der Waals surface area contributed by atoms with E-state index in [0.29, 0.717) is 5.82 Å². The number of aromatic nitrogens is 4. The summed E-state index contributed by atoms with van der Waals surface area (Å²) in [5.74, 6) is 0.739. The van der Waals surface area contributed by atoms with Gasteiger partial charge in [-0.25, -0.2) is 14.6 Å². The van der Waals surface area contributed by atoms with Crippen LogP contribution in [0.1, 0.15) is 16.1 Å². The van der Waals surface area contributed by atoms with Crippen LogP contribution in [0.2, 0.25) is 0 Å². The number of amides is 1. The number of piperazine rings is 1. The van der Waals surface area contributed by atoms with Crippen molar-refractivity contribution in [2.45, 2.75) is 6.54 Å². The smallest absolute Gasteiger partial charge is 0.277 e. The summed E-state index contributed by atoms with van der Waals surface area (Å²) >= 11 is 0. The van der Waals surface area contributed by atoms with Gasteiger partial charge in [-0.15, -0.1) is 0 Å². The first-order chi connectivity index (χ1) is 14.6. The highest BCUT2D eigenvalue weighted by Gasteiger charge is 2.19. The van der Waals surface area contributed by atoms with Crippen molar-refractivity contribution in [2.75, 3.05) is 36.4 Å². The van der Waals surface area contributed by atoms with E-state index in [1.807, 2.05) is 6.07 Å². The lowest BCUT2D eigenvalue weighted by atomic mass is 10.2. The Bertz CT molecular complexity index is 1080. The van der Waals surface area contributed by atoms with Crippen LogP contribution >= 0.6 is 0 Å². The van der Waals surface area contributed by atoms with Gasteiger partial charge in [-0.2, -0.15) is 5.10 Å². The van der Waals surface area contributed by atoms with E-state index in [2.05, 4.69) is 54.4 Å². The minimum absolute atomic E-state index is 0.145. The second kappa shape index (κ2) is 8.83. The maximum absolute atomic E-state index is 12.4. The molecule has 3 heterocycles. The van der Waals surface area contributed by atoms with Gasteiger partial charge in [0.05, 0.1) is 0 Å². The molecule has 30 heavy (non-hydrogen) atoms. The molecule has 1 aliphatic rings. The molecule has 0 radical (unpaired) electrons. The van der Waals surface area contributed by atoms with Crippen molar-refractivity contribution in [1.29, 1.82) is 0 Å². The monoisotopic (exact) mass is 405 g/mol. The largest absolute Gasteiger partial charge is 0.354 e. The van der Waals surface area contributed by atoms with Gasteiger partial charge in [0.25, 0.3) is 11.5 Å². The van der Waals surface area contributed by atoms with Crippen molar-refractivity contribution in [3.8, 4) is 0 Å². The number of benzene rings is 1. The molecule has 3 aromatic rings. The number of rotatable bonds is 5. The van der Waals surface area contributed by atoms with Crippen LogP contribution in [0.3, 0.4) is 0 Å². The lowest BCUT2D eigenvalue weighted by Crippen LogP contribution is -2.46. The van der Waals surface area contributed by atoms with Crippen LogP contribution in [-0.2, 0) is 13.6 Å². The maximum Gasteiger partial charge on any atom is 0.277 e. The predicted octanol–water partition coefficient (Wildman–Crippen LogP) is 1.14. The van der Waals surface area contributed by atoms with Gasteiger partial charge in [0.15, 0.2) is 0 Å². The average Bonchev–Trinajstić information content (AvgIpc) is 2.77. The molecule has 1 saturated heterocycles. The molecule has 0 aliphatic carbocycles. The summed E-state index contributed by atoms with van der Waals surface area (Å²) in [5, 5.41) is 6.68. The average molecular weight is 405 g/mol. The fraction of sp³-hybridized carbons (Fsp3) is 0.286. The minimum atomic E-state index is -0.428. The van der Waals surface area contributed by atoms with Crippen LogP contribution in [0, 0.1) is 0 Å². The van der Waals surface area contributed by atoms with Crippen molar-refractivity contribution < 1.29 is 4.79 Å². The summed E-state index contributed by atoms with van der Waals surface area (Å²) in [6.45, 7) is 4.50. The zero-order chi connectivity index (χ0) is 20.9. The van der Waals surface area contributed by atoms with Crippen LogP contribution in [0.4, 0.5) is 11.6 Å². The third-order valence-electron chi connectivity index (χ3n) is 5.03. The van der Waals surface area contributed by atoms with Crippen LogP contribution in [0.15, 0.2) is 59.7 Å². The van der Waals surface area contributed by atoms with Gasteiger partial charge in [0.2, 0.25) is 0 Å². The molecule has 9 nitrogen and oxygen atoms in total. The Hall–Kier alpha value is -3.59. The fourth-order valence-corrected chi connectivity index (χ4v) is 3.37. The number of carbonyl (C=O) groups excluding carboxylic acids is 1. The first-order valence-electron chi connectivity index (χ1n) is 9.77. The van der Waals surface area contributed by atoms with E-state index in [9.17, 15) is 9.59 Å². The topological polar surface area (TPSA) is 96.2 Å². The Morgan fingerprint density at radius 2 is 1.80 bits per heavy atom. The highest BCUT2D eigenvalue weighted by atomic mass is 16.2. The molecule has 2 aromatic heterocycles. The van der Waals surface area contributed by atoms with Crippen LogP contribution in [-0.4, -0.2) is 56.7 Å². The molecular formula is C21H23N7O2. The van der Waals surface area contributed by atoms with E-state index in [0.717, 1.165) is 43.2 Å². The Balaban J connectivity index is 1.37. The van der Waals surface area contributed by atoms with Crippen LogP contribution < -0.4 is 15.8 Å². The first kappa shape index (κ1) is 19.7. The molecule has 0 unspecified atom stereocenters. The normalized spacial score (nSPS) is 14.5. The summed E-state index contributed by atoms with van der Waals surface area (Å²) < 4.78 is 1.12. The molecule has 0 saturated carbocycles. The number of nitrogens with zero attached hydrogens (tertiary/aromatic N) is 6. The quantitative estimate of drug-likeness (QED) is 0.680. The highest BCUT2D eigenvalue weighted by molar-refractivity contribution is 6.02. The second-order valence-electron chi connectivity index (χ2n) is 7.14. The standard InChI is InChI=1S/C21H23N7O2/c1-26-20(29)8-7-17(25-26)21(30)24-18-13-19(23-15-22-18)28-11-9-27(10-12-28)14-16-5-3-2-4-6-16/h2-8,13,15H,9-12,14H2,1H3,(H,22,23,24,30). The SMILES string of the molecule is Cn1nc(C(=O)Nc2cc(N3CCN(Cc4ccccc4)CC3)ncn2)ccc1=O. The van der Waals surface area contributed by atoms with Gasteiger partial charge in [0.1, 0.15) is 23.7 Å². The molecule has 154 valence electrons. The molecule has 1 fully saturated rings. The summed E-state index contributed by atoms with van der Waals surface area (Å²) in [6.07, 6.45) is 1.44. The lowest BCUT2D eigenvalue weighted by molar-refractivity contribution is 0.101. The molecule has 1 amide bonds. The molecule has 0 bridgehead atoms. The van der Waals surface area contributed by atoms with Crippen LogP contribution in [0.25, 0.3) is 0 Å². The highest BCUT2D eigenvalue weighted by Crippen LogP contribution is 2.17. The number of anilines is 2. The van der Waals surface area contributed by atoms with E-state index >= 15 is 0 Å². The molecule has 4 rings (SSSR count). The molecule has 1 aromatic carbocycles. The van der Waals surface area contributed by atoms with Gasteiger partial charge in [-0.05, 0) is 11.6 Å². The zero-order valence-corrected chi connectivity index (χ0v) is 16.7. The maximum atomic E-state index is 12.4. The number of hydrogen-bond donors (Lipinski definition) is 1. The predicted molar refractivity (Wildman–Crippen MR) is 113 cm³/mol. The van der Waals surface area contributed by atoms with Crippen molar-refractivity contribution in [2.24, 2.45) is 7.05 Å². The first-order valence-corrected chi connectivity index (χ1v) is 9.77. The summed E-state index contributed by atoms with van der Waals surface area (Å²) in [6, 6.07) is 14.9. The third-order valence-corrected chi connectivity index (χ3v) is 5.03. The zero-order valence-electron chi connectivity index (χ0n) is 16.7. The van der Waals surface area contributed by atoms with Crippen molar-refractivity contribution in [3.63, 3.8) is 0 Å². The Morgan fingerprint density at radius 3 is 2.53 bits per heavy atom. The van der Waals surface area contributed by atoms with E-state index in [1.165, 1.54) is 31.1 Å². The van der Waals surface area contributed by atoms with E-state index in [1.54, 1.807) is 6.07 Å². The summed E-state index contributed by atoms with van der Waals surface area (Å²) in [7, 11) is 1.50. The van der Waals surface area contributed by atoms with E-state index < -0.39 is 5.91 Å². The van der Waals surface area contributed by atoms with Gasteiger partial charge in [-0.3, -0.25) is 14.5 Å². The number of hydrogen-bond acceptors (Lipinski definition) is 7. The van der Waals surface area contributed by atoms with Gasteiger partial charge >= 0.3 is 0 Å². The Labute approximate surface area is 174 Å². The fourth-order valence-electron chi connectivity index (χ4n) is 3.37. The molecular weight excluding hydrogens is 382 g/mol. The third kappa shape index (κ3) is 4.69. The molecule has 0 spiro atoms. The summed E-state index contributed by atoms with van der Waals surface area (Å²) in [4.78, 5) is 36.9. The molecule has 9 heteroatoms. The molecule has 1 N–H and O–H groups in total. The Morgan fingerprint density at radius 1 is 1.03 bits per heavy atom. The number of carbonyl (C=O) groups is 1. The van der Waals surface area contributed by atoms with Crippen molar-refractivity contribution in [1.82, 2.24) is 24.6 Å². The molecule has 1 aliphatic heterocycles. The minimum Gasteiger partial charge on any atom is -0.354 e. The van der Waals surface area contributed by atoms with E-state index in [-0.39, 0.29) is 11.3 Å². The number of nitrogens with one attached hydrogen (secondary N) is 1.